The third-order valence-corrected chi connectivity index (χ3v) is 8.39. The van der Waals surface area contributed by atoms with Crippen molar-refractivity contribution in [3.05, 3.63) is 46.8 Å². The fourth-order valence-corrected chi connectivity index (χ4v) is 6.10. The Kier molecular flexibility index (Phi) is 4.84. The molecule has 2 fully saturated rings. The molecule has 1 amide bonds. The van der Waals surface area contributed by atoms with Gasteiger partial charge in [0.15, 0.2) is 0 Å². The number of amides is 1. The summed E-state index contributed by atoms with van der Waals surface area (Å²) in [6.45, 7) is 5.65. The summed E-state index contributed by atoms with van der Waals surface area (Å²) in [7, 11) is -1.91. The van der Waals surface area contributed by atoms with Gasteiger partial charge in [0, 0.05) is 48.7 Å². The van der Waals surface area contributed by atoms with Crippen molar-refractivity contribution in [1.29, 1.82) is 0 Å². The van der Waals surface area contributed by atoms with Crippen LogP contribution in [0.4, 0.5) is 5.69 Å². The topological polar surface area (TPSA) is 71.8 Å². The van der Waals surface area contributed by atoms with Crippen LogP contribution in [0.1, 0.15) is 41.4 Å². The lowest BCUT2D eigenvalue weighted by Crippen LogP contribution is -2.40. The minimum Gasteiger partial charge on any atom is -0.379 e. The molecule has 8 heteroatoms. The van der Waals surface area contributed by atoms with E-state index < -0.39 is 10.0 Å². The van der Waals surface area contributed by atoms with Gasteiger partial charge in [-0.2, -0.15) is 4.31 Å². The fraction of sp³-hybridized carbons (Fsp3) is 0.435. The molecule has 0 radical (unpaired) electrons. The van der Waals surface area contributed by atoms with Gasteiger partial charge in [0.2, 0.25) is 10.0 Å². The minimum absolute atomic E-state index is 0.118. The van der Waals surface area contributed by atoms with Gasteiger partial charge < -0.3 is 14.2 Å². The van der Waals surface area contributed by atoms with E-state index in [2.05, 4.69) is 24.5 Å². The van der Waals surface area contributed by atoms with Crippen molar-refractivity contribution in [3.63, 3.8) is 0 Å². The van der Waals surface area contributed by atoms with Crippen LogP contribution in [-0.2, 0) is 19.6 Å². The van der Waals surface area contributed by atoms with Gasteiger partial charge >= 0.3 is 0 Å². The first kappa shape index (κ1) is 20.5. The van der Waals surface area contributed by atoms with Crippen molar-refractivity contribution < 1.29 is 17.9 Å². The van der Waals surface area contributed by atoms with E-state index >= 15 is 0 Å². The highest BCUT2D eigenvalue weighted by Crippen LogP contribution is 2.41. The molecule has 2 aromatic rings. The second kappa shape index (κ2) is 7.32. The number of hydrogen-bond donors (Lipinski definition) is 0. The summed E-state index contributed by atoms with van der Waals surface area (Å²) in [6, 6.07) is 7.64. The number of hydrogen-bond acceptors (Lipinski definition) is 4. The van der Waals surface area contributed by atoms with Crippen molar-refractivity contribution in [2.45, 2.75) is 37.6 Å². The van der Waals surface area contributed by atoms with E-state index in [1.165, 1.54) is 22.8 Å². The molecule has 7 nitrogen and oxygen atoms in total. The SMILES string of the molecule is Cc1cc(C=C2C(=O)N(C)c3ccc(S(=O)(=O)N4CCOCC4)cc32)c(C)n1C1CC1. The van der Waals surface area contributed by atoms with Crippen LogP contribution in [0, 0.1) is 13.8 Å². The number of carbonyl (C=O) groups is 1. The van der Waals surface area contributed by atoms with Crippen LogP contribution in [0.15, 0.2) is 29.2 Å². The molecule has 0 bridgehead atoms. The van der Waals surface area contributed by atoms with E-state index in [0.29, 0.717) is 43.5 Å². The predicted molar refractivity (Wildman–Crippen MR) is 119 cm³/mol. The number of benzene rings is 1. The molecule has 1 aromatic heterocycles. The number of rotatable bonds is 4. The lowest BCUT2D eigenvalue weighted by molar-refractivity contribution is -0.112. The van der Waals surface area contributed by atoms with Gasteiger partial charge in [-0.3, -0.25) is 4.79 Å². The number of sulfonamides is 1. The standard InChI is InChI=1S/C23H27N3O4S/c1-15-12-17(16(2)26(15)18-4-5-18)13-21-20-14-19(6-7-22(20)24(3)23(21)27)31(28,29)25-8-10-30-11-9-25/h6-7,12-14,18H,4-5,8-11H2,1-3H3. The van der Waals surface area contributed by atoms with E-state index in [1.54, 1.807) is 30.1 Å². The van der Waals surface area contributed by atoms with Crippen molar-refractivity contribution in [2.24, 2.45) is 0 Å². The monoisotopic (exact) mass is 441 g/mol. The van der Waals surface area contributed by atoms with Crippen molar-refractivity contribution in [1.82, 2.24) is 8.87 Å². The number of likely N-dealkylation sites (N-methyl/N-ethyl adjacent to an activating group) is 1. The van der Waals surface area contributed by atoms with E-state index in [0.717, 1.165) is 16.9 Å². The third-order valence-electron chi connectivity index (χ3n) is 6.50. The molecule has 5 rings (SSSR count). The lowest BCUT2D eigenvalue weighted by atomic mass is 10.0. The highest BCUT2D eigenvalue weighted by Gasteiger charge is 2.34. The first-order valence-electron chi connectivity index (χ1n) is 10.7. The van der Waals surface area contributed by atoms with Gasteiger partial charge in [0.05, 0.1) is 23.8 Å². The third kappa shape index (κ3) is 3.33. The number of aryl methyl sites for hydroxylation is 1. The molecule has 1 aliphatic carbocycles. The average Bonchev–Trinajstić information content (AvgIpc) is 3.52. The van der Waals surface area contributed by atoms with E-state index in [9.17, 15) is 13.2 Å². The van der Waals surface area contributed by atoms with Gasteiger partial charge in [-0.1, -0.05) is 0 Å². The number of aromatic nitrogens is 1. The average molecular weight is 442 g/mol. The van der Waals surface area contributed by atoms with Crippen LogP contribution in [0.3, 0.4) is 0 Å². The molecule has 3 aliphatic rings. The van der Waals surface area contributed by atoms with Gasteiger partial charge in [-0.15, -0.1) is 0 Å². The van der Waals surface area contributed by atoms with E-state index in [-0.39, 0.29) is 10.8 Å². The van der Waals surface area contributed by atoms with E-state index in [1.807, 2.05) is 6.08 Å². The lowest BCUT2D eigenvalue weighted by Gasteiger charge is -2.26. The van der Waals surface area contributed by atoms with Crippen molar-refractivity contribution >= 4 is 33.3 Å². The highest BCUT2D eigenvalue weighted by molar-refractivity contribution is 7.89. The van der Waals surface area contributed by atoms with Crippen LogP contribution in [0.5, 0.6) is 0 Å². The van der Waals surface area contributed by atoms with Crippen molar-refractivity contribution in [3.8, 4) is 0 Å². The molecule has 3 heterocycles. The Labute approximate surface area is 183 Å². The quantitative estimate of drug-likeness (QED) is 0.684. The number of ether oxygens (including phenoxy) is 1. The molecular formula is C23H27N3O4S. The maximum absolute atomic E-state index is 13.1. The van der Waals surface area contributed by atoms with Gasteiger partial charge in [0.1, 0.15) is 0 Å². The summed E-state index contributed by atoms with van der Waals surface area (Å²) in [5.41, 5.74) is 5.28. The van der Waals surface area contributed by atoms with Crippen LogP contribution in [0.2, 0.25) is 0 Å². The van der Waals surface area contributed by atoms with Gasteiger partial charge in [-0.05, 0) is 62.6 Å². The molecular weight excluding hydrogens is 414 g/mol. The van der Waals surface area contributed by atoms with Gasteiger partial charge in [-0.25, -0.2) is 8.42 Å². The summed E-state index contributed by atoms with van der Waals surface area (Å²) in [5, 5.41) is 0. The summed E-state index contributed by atoms with van der Waals surface area (Å²) < 4.78 is 35.4. The summed E-state index contributed by atoms with van der Waals surface area (Å²) in [4.78, 5) is 14.9. The highest BCUT2D eigenvalue weighted by atomic mass is 32.2. The molecule has 0 spiro atoms. The molecule has 0 unspecified atom stereocenters. The summed E-state index contributed by atoms with van der Waals surface area (Å²) >= 11 is 0. The number of morpholine rings is 1. The fourth-order valence-electron chi connectivity index (χ4n) is 4.66. The van der Waals surface area contributed by atoms with Crippen LogP contribution >= 0.6 is 0 Å². The molecule has 1 saturated heterocycles. The Balaban J connectivity index is 1.58. The molecule has 164 valence electrons. The second-order valence-electron chi connectivity index (χ2n) is 8.55. The Morgan fingerprint density at radius 3 is 2.48 bits per heavy atom. The second-order valence-corrected chi connectivity index (χ2v) is 10.5. The summed E-state index contributed by atoms with van der Waals surface area (Å²) in [6.07, 6.45) is 4.30. The first-order chi connectivity index (χ1) is 14.8. The number of carbonyl (C=O) groups excluding carboxylic acids is 1. The number of fused-ring (bicyclic) bond motifs is 1. The Bertz CT molecular complexity index is 1200. The maximum atomic E-state index is 13.1. The Hall–Kier alpha value is -2.42. The van der Waals surface area contributed by atoms with Crippen LogP contribution in [-0.4, -0.2) is 56.5 Å². The maximum Gasteiger partial charge on any atom is 0.258 e. The molecule has 31 heavy (non-hydrogen) atoms. The minimum atomic E-state index is -3.64. The first-order valence-corrected chi connectivity index (χ1v) is 12.1. The molecule has 0 N–H and O–H groups in total. The molecule has 1 saturated carbocycles. The number of anilines is 1. The summed E-state index contributed by atoms with van der Waals surface area (Å²) in [5.74, 6) is -0.118. The molecule has 1 aromatic carbocycles. The Morgan fingerprint density at radius 1 is 1.10 bits per heavy atom. The zero-order chi connectivity index (χ0) is 21.9. The molecule has 0 atom stereocenters. The Morgan fingerprint density at radius 2 is 1.81 bits per heavy atom. The van der Waals surface area contributed by atoms with Gasteiger partial charge in [0.25, 0.3) is 5.91 Å². The number of nitrogens with zero attached hydrogens (tertiary/aromatic N) is 3. The van der Waals surface area contributed by atoms with Crippen LogP contribution in [0.25, 0.3) is 11.6 Å². The zero-order valence-corrected chi connectivity index (χ0v) is 18.9. The smallest absolute Gasteiger partial charge is 0.258 e. The predicted octanol–water partition coefficient (Wildman–Crippen LogP) is 2.98. The van der Waals surface area contributed by atoms with Crippen molar-refractivity contribution in [2.75, 3.05) is 38.3 Å². The largest absolute Gasteiger partial charge is 0.379 e. The normalized spacial score (nSPS) is 21.2. The van der Waals surface area contributed by atoms with Crippen LogP contribution < -0.4 is 4.90 Å². The zero-order valence-electron chi connectivity index (χ0n) is 18.1. The van der Waals surface area contributed by atoms with E-state index in [4.69, 9.17) is 4.74 Å². The molecule has 2 aliphatic heterocycles.